The molecule has 6 heteroatoms. The largest absolute Gasteiger partial charge is 0.338 e. The number of thiophene rings is 1. The molecule has 0 saturated carbocycles. The number of urea groups is 1. The third-order valence-electron chi connectivity index (χ3n) is 2.78. The third kappa shape index (κ3) is 4.61. The molecule has 0 aliphatic carbocycles. The van der Waals surface area contributed by atoms with Crippen LogP contribution in [0.1, 0.15) is 10.4 Å². The molecule has 0 bridgehead atoms. The van der Waals surface area contributed by atoms with E-state index in [1.54, 1.807) is 29.5 Å². The zero-order chi connectivity index (χ0) is 14.4. The fourth-order valence-electron chi connectivity index (χ4n) is 1.74. The van der Waals surface area contributed by atoms with Crippen LogP contribution in [0.4, 0.5) is 4.79 Å². The maximum Gasteiger partial charge on any atom is 0.317 e. The van der Waals surface area contributed by atoms with E-state index in [1.807, 2.05) is 30.5 Å². The minimum Gasteiger partial charge on any atom is -0.338 e. The summed E-state index contributed by atoms with van der Waals surface area (Å²) in [5.74, 6) is 0. The lowest BCUT2D eigenvalue weighted by atomic mass is 10.2. The first kappa shape index (κ1) is 15.0. The van der Waals surface area contributed by atoms with Crippen LogP contribution in [0.2, 0.25) is 0 Å². The van der Waals surface area contributed by atoms with Gasteiger partial charge in [0.1, 0.15) is 0 Å². The van der Waals surface area contributed by atoms with Gasteiger partial charge in [-0.3, -0.25) is 4.98 Å². The standard InChI is InChI=1S/C14H16BrN3OS/c1-18(10-12-4-5-13(15)20-12)14(19)17-8-6-11-3-2-7-16-9-11/h2-5,7,9H,6,8,10H2,1H3,(H,17,19). The molecule has 2 aromatic heterocycles. The summed E-state index contributed by atoms with van der Waals surface area (Å²) in [6.07, 6.45) is 4.35. The number of carbonyl (C=O) groups is 1. The highest BCUT2D eigenvalue weighted by atomic mass is 79.9. The average Bonchev–Trinajstić information content (AvgIpc) is 2.85. The van der Waals surface area contributed by atoms with Crippen LogP contribution in [0.5, 0.6) is 0 Å². The Kier molecular flexibility index (Phi) is 5.55. The van der Waals surface area contributed by atoms with Gasteiger partial charge in [-0.1, -0.05) is 6.07 Å². The fourth-order valence-corrected chi connectivity index (χ4v) is 3.27. The SMILES string of the molecule is CN(Cc1ccc(Br)s1)C(=O)NCCc1cccnc1. The van der Waals surface area contributed by atoms with E-state index in [0.717, 1.165) is 20.6 Å². The number of amides is 2. The van der Waals surface area contributed by atoms with E-state index in [4.69, 9.17) is 0 Å². The molecule has 20 heavy (non-hydrogen) atoms. The molecule has 0 fully saturated rings. The van der Waals surface area contributed by atoms with E-state index < -0.39 is 0 Å². The number of halogens is 1. The lowest BCUT2D eigenvalue weighted by Crippen LogP contribution is -2.37. The Labute approximate surface area is 131 Å². The molecular weight excluding hydrogens is 338 g/mol. The Morgan fingerprint density at radius 1 is 1.45 bits per heavy atom. The van der Waals surface area contributed by atoms with E-state index in [9.17, 15) is 4.79 Å². The van der Waals surface area contributed by atoms with Gasteiger partial charge in [-0.2, -0.15) is 0 Å². The second kappa shape index (κ2) is 7.40. The van der Waals surface area contributed by atoms with Crippen LogP contribution in [-0.2, 0) is 13.0 Å². The molecule has 2 aromatic rings. The van der Waals surface area contributed by atoms with Gasteiger partial charge in [0.2, 0.25) is 0 Å². The summed E-state index contributed by atoms with van der Waals surface area (Å²) in [6.45, 7) is 1.23. The molecule has 2 rings (SSSR count). The van der Waals surface area contributed by atoms with Crippen molar-refractivity contribution >= 4 is 33.3 Å². The molecule has 2 amide bonds. The van der Waals surface area contributed by atoms with Crippen LogP contribution in [0, 0.1) is 0 Å². The lowest BCUT2D eigenvalue weighted by Gasteiger charge is -2.17. The topological polar surface area (TPSA) is 45.2 Å². The van der Waals surface area contributed by atoms with Crippen molar-refractivity contribution in [1.29, 1.82) is 0 Å². The van der Waals surface area contributed by atoms with E-state index in [0.29, 0.717) is 13.1 Å². The van der Waals surface area contributed by atoms with Crippen LogP contribution in [0.25, 0.3) is 0 Å². The van der Waals surface area contributed by atoms with E-state index >= 15 is 0 Å². The molecular formula is C14H16BrN3OS. The van der Waals surface area contributed by atoms with Crippen LogP contribution in [0.15, 0.2) is 40.4 Å². The molecule has 106 valence electrons. The van der Waals surface area contributed by atoms with Crippen LogP contribution in [0.3, 0.4) is 0 Å². The van der Waals surface area contributed by atoms with Crippen molar-refractivity contribution in [1.82, 2.24) is 15.2 Å². The maximum atomic E-state index is 11.9. The number of nitrogens with zero attached hydrogens (tertiary/aromatic N) is 2. The normalized spacial score (nSPS) is 10.3. The predicted molar refractivity (Wildman–Crippen MR) is 84.8 cm³/mol. The number of pyridine rings is 1. The highest BCUT2D eigenvalue weighted by Crippen LogP contribution is 2.22. The number of aromatic nitrogens is 1. The summed E-state index contributed by atoms with van der Waals surface area (Å²) in [7, 11) is 1.80. The second-order valence-corrected chi connectivity index (χ2v) is 6.95. The number of carbonyl (C=O) groups excluding carboxylic acids is 1. The summed E-state index contributed by atoms with van der Waals surface area (Å²) in [5, 5.41) is 2.91. The zero-order valence-corrected chi connectivity index (χ0v) is 13.6. The van der Waals surface area contributed by atoms with Crippen molar-refractivity contribution in [2.45, 2.75) is 13.0 Å². The molecule has 4 nitrogen and oxygen atoms in total. The maximum absolute atomic E-state index is 11.9. The molecule has 1 N–H and O–H groups in total. The predicted octanol–water partition coefficient (Wildman–Crippen LogP) is 3.29. The van der Waals surface area contributed by atoms with Crippen LogP contribution >= 0.6 is 27.3 Å². The Morgan fingerprint density at radius 3 is 2.95 bits per heavy atom. The lowest BCUT2D eigenvalue weighted by molar-refractivity contribution is 0.207. The molecule has 0 aliphatic heterocycles. The van der Waals surface area contributed by atoms with Gasteiger partial charge in [-0.05, 0) is 46.1 Å². The fraction of sp³-hybridized carbons (Fsp3) is 0.286. The van der Waals surface area contributed by atoms with Gasteiger partial charge in [-0.15, -0.1) is 11.3 Å². The van der Waals surface area contributed by atoms with Crippen LogP contribution < -0.4 is 5.32 Å². The highest BCUT2D eigenvalue weighted by Gasteiger charge is 2.09. The summed E-state index contributed by atoms with van der Waals surface area (Å²) < 4.78 is 1.08. The Hall–Kier alpha value is -1.40. The molecule has 0 unspecified atom stereocenters. The second-order valence-electron chi connectivity index (χ2n) is 4.41. The molecule has 2 heterocycles. The summed E-state index contributed by atoms with van der Waals surface area (Å²) >= 11 is 5.06. The number of hydrogen-bond acceptors (Lipinski definition) is 3. The average molecular weight is 354 g/mol. The van der Waals surface area contributed by atoms with Crippen molar-refractivity contribution in [2.75, 3.05) is 13.6 Å². The van der Waals surface area contributed by atoms with E-state index in [1.165, 1.54) is 0 Å². The van der Waals surface area contributed by atoms with Gasteiger partial charge < -0.3 is 10.2 Å². The van der Waals surface area contributed by atoms with Gasteiger partial charge in [-0.25, -0.2) is 4.79 Å². The third-order valence-corrected chi connectivity index (χ3v) is 4.39. The first-order valence-electron chi connectivity index (χ1n) is 6.27. The van der Waals surface area contributed by atoms with Gasteiger partial charge >= 0.3 is 6.03 Å². The molecule has 0 spiro atoms. The van der Waals surface area contributed by atoms with Crippen LogP contribution in [-0.4, -0.2) is 29.5 Å². The quantitative estimate of drug-likeness (QED) is 0.896. The minimum atomic E-state index is -0.0570. The summed E-state index contributed by atoms with van der Waals surface area (Å²) in [4.78, 5) is 18.8. The molecule has 0 saturated heterocycles. The highest BCUT2D eigenvalue weighted by molar-refractivity contribution is 9.11. The molecule has 0 aliphatic rings. The van der Waals surface area contributed by atoms with Crippen molar-refractivity contribution in [3.05, 3.63) is 50.9 Å². The van der Waals surface area contributed by atoms with Gasteiger partial charge in [0, 0.05) is 30.9 Å². The number of nitrogens with one attached hydrogen (secondary N) is 1. The molecule has 0 aromatic carbocycles. The summed E-state index contributed by atoms with van der Waals surface area (Å²) in [5.41, 5.74) is 1.12. The summed E-state index contributed by atoms with van der Waals surface area (Å²) in [6, 6.07) is 7.87. The number of rotatable bonds is 5. The smallest absolute Gasteiger partial charge is 0.317 e. The van der Waals surface area contributed by atoms with Crippen molar-refractivity contribution < 1.29 is 4.79 Å². The van der Waals surface area contributed by atoms with E-state index in [2.05, 4.69) is 26.2 Å². The number of hydrogen-bond donors (Lipinski definition) is 1. The van der Waals surface area contributed by atoms with E-state index in [-0.39, 0.29) is 6.03 Å². The Balaban J connectivity index is 1.74. The first-order chi connectivity index (χ1) is 9.65. The van der Waals surface area contributed by atoms with Crippen molar-refractivity contribution in [3.8, 4) is 0 Å². The Bertz CT molecular complexity index is 559. The van der Waals surface area contributed by atoms with Gasteiger partial charge in [0.25, 0.3) is 0 Å². The van der Waals surface area contributed by atoms with Crippen molar-refractivity contribution in [2.24, 2.45) is 0 Å². The zero-order valence-electron chi connectivity index (χ0n) is 11.2. The van der Waals surface area contributed by atoms with Gasteiger partial charge in [0.15, 0.2) is 0 Å². The minimum absolute atomic E-state index is 0.0570. The Morgan fingerprint density at radius 2 is 2.30 bits per heavy atom. The molecule has 0 radical (unpaired) electrons. The van der Waals surface area contributed by atoms with Gasteiger partial charge in [0.05, 0.1) is 10.3 Å². The monoisotopic (exact) mass is 353 g/mol. The van der Waals surface area contributed by atoms with Crippen molar-refractivity contribution in [3.63, 3.8) is 0 Å². The first-order valence-corrected chi connectivity index (χ1v) is 7.88. The molecule has 0 atom stereocenters.